The molecule has 3 aromatic carbocycles. The molecule has 0 amide bonds. The van der Waals surface area contributed by atoms with E-state index in [1.807, 2.05) is 42.5 Å². The molecular weight excluding hydrogens is 309 g/mol. The molecule has 0 radical (unpaired) electrons. The fraction of sp³-hybridized carbons (Fsp3) is 0. The van der Waals surface area contributed by atoms with Crippen LogP contribution in [0.2, 0.25) is 0 Å². The van der Waals surface area contributed by atoms with Crippen molar-refractivity contribution in [2.24, 2.45) is 0 Å². The van der Waals surface area contributed by atoms with Gasteiger partial charge in [-0.2, -0.15) is 5.10 Å². The Balaban J connectivity index is 2.06. The zero-order valence-electron chi connectivity index (χ0n) is 12.0. The Morgan fingerprint density at radius 1 is 0.913 bits per heavy atom. The molecule has 0 saturated heterocycles. The number of halogens is 1. The molecule has 0 aliphatic carbocycles. The molecule has 0 saturated carbocycles. The van der Waals surface area contributed by atoms with Crippen molar-refractivity contribution in [3.8, 4) is 17.1 Å². The predicted octanol–water partition coefficient (Wildman–Crippen LogP) is 4.89. The van der Waals surface area contributed by atoms with Crippen LogP contribution in [-0.4, -0.2) is 14.8 Å². The van der Waals surface area contributed by atoms with Gasteiger partial charge < -0.3 is 0 Å². The van der Waals surface area contributed by atoms with Crippen LogP contribution in [0.3, 0.4) is 0 Å². The maximum Gasteiger partial charge on any atom is 0.200 e. The quantitative estimate of drug-likeness (QED) is 0.533. The highest BCUT2D eigenvalue weighted by atomic mass is 32.1. The zero-order valence-corrected chi connectivity index (χ0v) is 12.8. The van der Waals surface area contributed by atoms with E-state index in [0.29, 0.717) is 16.2 Å². The first-order valence-corrected chi connectivity index (χ1v) is 7.57. The monoisotopic (exact) mass is 321 g/mol. The third kappa shape index (κ3) is 2.26. The second-order valence-corrected chi connectivity index (χ2v) is 5.55. The van der Waals surface area contributed by atoms with E-state index >= 15 is 0 Å². The highest BCUT2D eigenvalue weighted by Gasteiger charge is 2.15. The summed E-state index contributed by atoms with van der Waals surface area (Å²) >= 11 is 5.38. The van der Waals surface area contributed by atoms with Gasteiger partial charge in [-0.1, -0.05) is 48.5 Å². The third-order valence-corrected chi connectivity index (χ3v) is 4.07. The molecule has 3 nitrogen and oxygen atoms in total. The number of nitrogens with one attached hydrogen (secondary N) is 1. The van der Waals surface area contributed by atoms with Gasteiger partial charge in [0.1, 0.15) is 5.82 Å². The second-order valence-electron chi connectivity index (χ2n) is 5.17. The molecule has 1 heterocycles. The number of hydrogen-bond donors (Lipinski definition) is 1. The van der Waals surface area contributed by atoms with Crippen molar-refractivity contribution in [1.82, 2.24) is 14.8 Å². The van der Waals surface area contributed by atoms with E-state index in [-0.39, 0.29) is 5.82 Å². The van der Waals surface area contributed by atoms with Crippen LogP contribution in [-0.2, 0) is 0 Å². The molecule has 0 aliphatic heterocycles. The van der Waals surface area contributed by atoms with Gasteiger partial charge in [-0.05, 0) is 35.8 Å². The van der Waals surface area contributed by atoms with E-state index in [2.05, 4.69) is 10.2 Å². The Morgan fingerprint density at radius 3 is 2.52 bits per heavy atom. The molecular formula is C18H12FN3S. The van der Waals surface area contributed by atoms with Gasteiger partial charge in [0, 0.05) is 5.39 Å². The average molecular weight is 321 g/mol. The molecule has 4 rings (SSSR count). The second kappa shape index (κ2) is 5.44. The first-order valence-electron chi connectivity index (χ1n) is 7.16. The van der Waals surface area contributed by atoms with Crippen molar-refractivity contribution in [2.45, 2.75) is 0 Å². The van der Waals surface area contributed by atoms with Crippen molar-refractivity contribution in [2.75, 3.05) is 0 Å². The molecule has 0 atom stereocenters. The number of H-pyrrole nitrogens is 1. The zero-order chi connectivity index (χ0) is 15.8. The van der Waals surface area contributed by atoms with E-state index in [1.165, 1.54) is 6.07 Å². The first-order chi connectivity index (χ1) is 11.3. The standard InChI is InChI=1S/C18H12FN3S/c19-15-10-4-3-9-14(15)17-20-21-18(23)22(17)16-11-5-7-12-6-1-2-8-13(12)16/h1-11H,(H,21,23). The molecule has 112 valence electrons. The normalized spacial score (nSPS) is 11.0. The summed E-state index contributed by atoms with van der Waals surface area (Å²) < 4.78 is 16.4. The number of benzene rings is 3. The van der Waals surface area contributed by atoms with Gasteiger partial charge in [0.15, 0.2) is 10.6 Å². The van der Waals surface area contributed by atoms with E-state index in [9.17, 15) is 4.39 Å². The molecule has 0 bridgehead atoms. The van der Waals surface area contributed by atoms with Gasteiger partial charge in [-0.3, -0.25) is 9.67 Å². The fourth-order valence-corrected chi connectivity index (χ4v) is 2.98. The Bertz CT molecular complexity index is 1060. The lowest BCUT2D eigenvalue weighted by Crippen LogP contribution is -2.00. The molecule has 0 spiro atoms. The van der Waals surface area contributed by atoms with Crippen LogP contribution in [0, 0.1) is 10.6 Å². The third-order valence-electron chi connectivity index (χ3n) is 3.79. The summed E-state index contributed by atoms with van der Waals surface area (Å²) in [6.07, 6.45) is 0. The minimum absolute atomic E-state index is 0.331. The fourth-order valence-electron chi connectivity index (χ4n) is 2.75. The number of rotatable bonds is 2. The van der Waals surface area contributed by atoms with Crippen LogP contribution in [0.15, 0.2) is 66.7 Å². The maximum atomic E-state index is 14.2. The number of aromatic amines is 1. The molecule has 0 aliphatic rings. The van der Waals surface area contributed by atoms with Gasteiger partial charge in [0.25, 0.3) is 0 Å². The first kappa shape index (κ1) is 13.8. The van der Waals surface area contributed by atoms with Gasteiger partial charge in [0.2, 0.25) is 0 Å². The summed E-state index contributed by atoms with van der Waals surface area (Å²) in [4.78, 5) is 0. The van der Waals surface area contributed by atoms with Crippen LogP contribution >= 0.6 is 12.2 Å². The SMILES string of the molecule is Fc1ccccc1-c1n[nH]c(=S)n1-c1cccc2ccccc12. The van der Waals surface area contributed by atoms with E-state index < -0.39 is 0 Å². The van der Waals surface area contributed by atoms with E-state index in [4.69, 9.17) is 12.2 Å². The van der Waals surface area contributed by atoms with Crippen LogP contribution in [0.25, 0.3) is 27.8 Å². The summed E-state index contributed by atoms with van der Waals surface area (Å²) in [5.74, 6) is 0.132. The van der Waals surface area contributed by atoms with Crippen molar-refractivity contribution in [3.63, 3.8) is 0 Å². The highest BCUT2D eigenvalue weighted by Crippen LogP contribution is 2.28. The average Bonchev–Trinajstić information content (AvgIpc) is 2.96. The Morgan fingerprint density at radius 2 is 1.65 bits per heavy atom. The lowest BCUT2D eigenvalue weighted by Gasteiger charge is -2.10. The predicted molar refractivity (Wildman–Crippen MR) is 91.6 cm³/mol. The van der Waals surface area contributed by atoms with E-state index in [1.54, 1.807) is 22.8 Å². The number of fused-ring (bicyclic) bond motifs is 1. The van der Waals surface area contributed by atoms with Gasteiger partial charge in [-0.25, -0.2) is 4.39 Å². The summed E-state index contributed by atoms with van der Waals surface area (Å²) in [7, 11) is 0. The number of hydrogen-bond acceptors (Lipinski definition) is 2. The smallest absolute Gasteiger partial charge is 0.200 e. The summed E-state index contributed by atoms with van der Waals surface area (Å²) in [5, 5.41) is 9.13. The van der Waals surface area contributed by atoms with Crippen LogP contribution in [0.5, 0.6) is 0 Å². The Labute approximate surface area is 137 Å². The number of aromatic nitrogens is 3. The summed E-state index contributed by atoms with van der Waals surface area (Å²) in [6.45, 7) is 0. The maximum absolute atomic E-state index is 14.2. The van der Waals surface area contributed by atoms with Gasteiger partial charge in [-0.15, -0.1) is 0 Å². The lowest BCUT2D eigenvalue weighted by atomic mass is 10.1. The molecule has 4 aromatic rings. The van der Waals surface area contributed by atoms with E-state index in [0.717, 1.165) is 16.5 Å². The molecule has 1 aromatic heterocycles. The van der Waals surface area contributed by atoms with Crippen molar-refractivity contribution in [3.05, 3.63) is 77.3 Å². The molecule has 5 heteroatoms. The van der Waals surface area contributed by atoms with Gasteiger partial charge in [0.05, 0.1) is 11.3 Å². The van der Waals surface area contributed by atoms with Crippen molar-refractivity contribution >= 4 is 23.0 Å². The number of nitrogens with zero attached hydrogens (tertiary/aromatic N) is 2. The van der Waals surface area contributed by atoms with Crippen LogP contribution < -0.4 is 0 Å². The molecule has 23 heavy (non-hydrogen) atoms. The Hall–Kier alpha value is -2.79. The van der Waals surface area contributed by atoms with Crippen LogP contribution in [0.1, 0.15) is 0 Å². The molecule has 1 N–H and O–H groups in total. The highest BCUT2D eigenvalue weighted by molar-refractivity contribution is 7.71. The Kier molecular flexibility index (Phi) is 3.28. The van der Waals surface area contributed by atoms with Gasteiger partial charge >= 0.3 is 0 Å². The lowest BCUT2D eigenvalue weighted by molar-refractivity contribution is 0.629. The van der Waals surface area contributed by atoms with Crippen molar-refractivity contribution < 1.29 is 4.39 Å². The topological polar surface area (TPSA) is 33.6 Å². The minimum Gasteiger partial charge on any atom is -0.267 e. The van der Waals surface area contributed by atoms with Crippen molar-refractivity contribution in [1.29, 1.82) is 0 Å². The minimum atomic E-state index is -0.331. The largest absolute Gasteiger partial charge is 0.267 e. The summed E-state index contributed by atoms with van der Waals surface area (Å²) in [5.41, 5.74) is 1.29. The van der Waals surface area contributed by atoms with Crippen LogP contribution in [0.4, 0.5) is 4.39 Å². The summed E-state index contributed by atoms with van der Waals surface area (Å²) in [6, 6.07) is 20.5. The molecule has 0 fully saturated rings. The molecule has 0 unspecified atom stereocenters.